The molecule has 7 heteroatoms. The molecule has 0 atom stereocenters. The smallest absolute Gasteiger partial charge is 0.142 e. The van der Waals surface area contributed by atoms with Crippen LogP contribution in [0.1, 0.15) is 20.9 Å². The van der Waals surface area contributed by atoms with Crippen LogP contribution in [0.4, 0.5) is 10.1 Å². The minimum Gasteiger partial charge on any atom is -0.487 e. The number of ether oxygens (including phenoxy) is 1. The van der Waals surface area contributed by atoms with Crippen LogP contribution >= 0.6 is 27.5 Å². The molecule has 0 saturated carbocycles. The van der Waals surface area contributed by atoms with Gasteiger partial charge in [0.1, 0.15) is 22.7 Å². The van der Waals surface area contributed by atoms with Crippen LogP contribution in [0.2, 0.25) is 5.02 Å². The molecular formula is C18H16BrClFN3O. The number of hydrogen-bond donors (Lipinski definition) is 0. The van der Waals surface area contributed by atoms with E-state index in [1.807, 2.05) is 19.9 Å². The summed E-state index contributed by atoms with van der Waals surface area (Å²) in [4.78, 5) is 10.0. The van der Waals surface area contributed by atoms with Gasteiger partial charge in [-0.1, -0.05) is 11.6 Å². The SMILES string of the molecule is [2H]C([2H])(OC1=CCN(c2cc(Br)ncc2C)C(C)=C1)c1ncc(F)cc1Cl. The van der Waals surface area contributed by atoms with Crippen LogP contribution in [0, 0.1) is 12.7 Å². The van der Waals surface area contributed by atoms with E-state index in [1.54, 1.807) is 18.3 Å². The number of hydrogen-bond acceptors (Lipinski definition) is 4. The quantitative estimate of drug-likeness (QED) is 0.633. The predicted molar refractivity (Wildman–Crippen MR) is 99.9 cm³/mol. The Hall–Kier alpha value is -1.92. The van der Waals surface area contributed by atoms with Crippen molar-refractivity contribution in [3.63, 3.8) is 0 Å². The Kier molecular flexibility index (Phi) is 4.63. The number of rotatable bonds is 4. The summed E-state index contributed by atoms with van der Waals surface area (Å²) in [6, 6.07) is 2.93. The molecule has 0 spiro atoms. The number of aryl methyl sites for hydroxylation is 1. The second-order valence-corrected chi connectivity index (χ2v) is 6.70. The van der Waals surface area contributed by atoms with Gasteiger partial charge >= 0.3 is 0 Å². The lowest BCUT2D eigenvalue weighted by atomic mass is 10.1. The Morgan fingerprint density at radius 3 is 2.88 bits per heavy atom. The predicted octanol–water partition coefficient (Wildman–Crippen LogP) is 5.16. The molecule has 25 heavy (non-hydrogen) atoms. The van der Waals surface area contributed by atoms with Gasteiger partial charge in [-0.25, -0.2) is 9.37 Å². The van der Waals surface area contributed by atoms with Crippen molar-refractivity contribution >= 4 is 33.2 Å². The maximum atomic E-state index is 13.2. The fraction of sp³-hybridized carbons (Fsp3) is 0.222. The third kappa shape index (κ3) is 4.19. The van der Waals surface area contributed by atoms with Crippen molar-refractivity contribution in [2.24, 2.45) is 0 Å². The number of halogens is 3. The van der Waals surface area contributed by atoms with Gasteiger partial charge in [0.05, 0.1) is 19.7 Å². The molecule has 2 aromatic rings. The Bertz CT molecular complexity index is 952. The summed E-state index contributed by atoms with van der Waals surface area (Å²) in [5.74, 6) is -0.289. The highest BCUT2D eigenvalue weighted by molar-refractivity contribution is 9.10. The lowest BCUT2D eigenvalue weighted by molar-refractivity contribution is 0.205. The Morgan fingerprint density at radius 1 is 1.36 bits per heavy atom. The molecule has 1 aliphatic heterocycles. The molecule has 0 aliphatic carbocycles. The van der Waals surface area contributed by atoms with Crippen molar-refractivity contribution in [1.29, 1.82) is 0 Å². The summed E-state index contributed by atoms with van der Waals surface area (Å²) < 4.78 is 35.7. The summed E-state index contributed by atoms with van der Waals surface area (Å²) in [6.07, 6.45) is 6.18. The second kappa shape index (κ2) is 7.54. The van der Waals surface area contributed by atoms with E-state index in [2.05, 4.69) is 30.8 Å². The minimum absolute atomic E-state index is 0.129. The summed E-state index contributed by atoms with van der Waals surface area (Å²) in [6.45, 7) is 2.07. The molecule has 4 nitrogen and oxygen atoms in total. The maximum absolute atomic E-state index is 13.2. The molecule has 0 saturated heterocycles. The molecule has 3 rings (SSSR count). The summed E-state index contributed by atoms with van der Waals surface area (Å²) in [7, 11) is 0. The largest absolute Gasteiger partial charge is 0.487 e. The van der Waals surface area contributed by atoms with Crippen molar-refractivity contribution in [2.75, 3.05) is 11.4 Å². The molecule has 0 radical (unpaired) electrons. The number of allylic oxidation sites excluding steroid dienone is 2. The molecule has 130 valence electrons. The van der Waals surface area contributed by atoms with E-state index in [0.29, 0.717) is 12.3 Å². The highest BCUT2D eigenvalue weighted by atomic mass is 79.9. The van der Waals surface area contributed by atoms with Crippen LogP contribution in [0.3, 0.4) is 0 Å². The zero-order chi connectivity index (χ0) is 19.8. The van der Waals surface area contributed by atoms with Crippen LogP contribution in [0.5, 0.6) is 0 Å². The van der Waals surface area contributed by atoms with Crippen molar-refractivity contribution in [1.82, 2.24) is 9.97 Å². The highest BCUT2D eigenvalue weighted by Crippen LogP contribution is 2.29. The highest BCUT2D eigenvalue weighted by Gasteiger charge is 2.16. The third-order valence-corrected chi connectivity index (χ3v) is 4.38. The van der Waals surface area contributed by atoms with Crippen molar-refractivity contribution < 1.29 is 11.9 Å². The molecule has 0 N–H and O–H groups in total. The molecule has 2 aromatic heterocycles. The lowest BCUT2D eigenvalue weighted by Gasteiger charge is -2.29. The van der Waals surface area contributed by atoms with Gasteiger partial charge in [0.25, 0.3) is 0 Å². The molecule has 0 bridgehead atoms. The fourth-order valence-electron chi connectivity index (χ4n) is 2.40. The van der Waals surface area contributed by atoms with Gasteiger partial charge in [0, 0.05) is 24.1 Å². The van der Waals surface area contributed by atoms with Gasteiger partial charge in [-0.05, 0) is 59.6 Å². The molecule has 1 aliphatic rings. The van der Waals surface area contributed by atoms with E-state index in [0.717, 1.165) is 33.8 Å². The van der Waals surface area contributed by atoms with Crippen molar-refractivity contribution in [3.05, 3.63) is 74.8 Å². The van der Waals surface area contributed by atoms with Crippen molar-refractivity contribution in [3.8, 4) is 0 Å². The van der Waals surface area contributed by atoms with Gasteiger partial charge in [-0.15, -0.1) is 0 Å². The molecular weight excluding hydrogens is 409 g/mol. The molecule has 0 unspecified atom stereocenters. The van der Waals surface area contributed by atoms with Gasteiger partial charge in [-0.3, -0.25) is 4.98 Å². The number of nitrogens with zero attached hydrogens (tertiary/aromatic N) is 3. The van der Waals surface area contributed by atoms with Crippen LogP contribution < -0.4 is 4.90 Å². The number of anilines is 1. The summed E-state index contributed by atoms with van der Waals surface area (Å²) in [5, 5.41) is -0.129. The molecule has 3 heterocycles. The van der Waals surface area contributed by atoms with E-state index in [4.69, 9.17) is 19.1 Å². The first-order valence-electron chi connectivity index (χ1n) is 8.46. The van der Waals surface area contributed by atoms with Crippen LogP contribution in [-0.4, -0.2) is 16.5 Å². The van der Waals surface area contributed by atoms with E-state index in [9.17, 15) is 4.39 Å². The summed E-state index contributed by atoms with van der Waals surface area (Å²) in [5.41, 5.74) is 2.71. The maximum Gasteiger partial charge on any atom is 0.142 e. The van der Waals surface area contributed by atoms with Crippen LogP contribution in [0.15, 0.2) is 52.7 Å². The first-order valence-corrected chi connectivity index (χ1v) is 8.63. The first-order chi connectivity index (χ1) is 12.7. The second-order valence-electron chi connectivity index (χ2n) is 5.48. The van der Waals surface area contributed by atoms with Crippen LogP contribution in [0.25, 0.3) is 0 Å². The Morgan fingerprint density at radius 2 is 2.16 bits per heavy atom. The minimum atomic E-state index is -2.30. The lowest BCUT2D eigenvalue weighted by Crippen LogP contribution is -2.25. The Balaban J connectivity index is 1.82. The van der Waals surface area contributed by atoms with E-state index in [-0.39, 0.29) is 10.7 Å². The molecule has 0 aromatic carbocycles. The first kappa shape index (κ1) is 15.3. The Labute approximate surface area is 161 Å². The number of aromatic nitrogens is 2. The fourth-order valence-corrected chi connectivity index (χ4v) is 2.91. The normalized spacial score (nSPS) is 16.0. The van der Waals surface area contributed by atoms with E-state index < -0.39 is 12.4 Å². The van der Waals surface area contributed by atoms with Gasteiger partial charge < -0.3 is 9.64 Å². The topological polar surface area (TPSA) is 38.2 Å². The van der Waals surface area contributed by atoms with Gasteiger partial charge in [-0.2, -0.15) is 0 Å². The zero-order valence-electron chi connectivity index (χ0n) is 15.6. The third-order valence-electron chi connectivity index (χ3n) is 3.66. The van der Waals surface area contributed by atoms with Crippen molar-refractivity contribution in [2.45, 2.75) is 20.4 Å². The van der Waals surface area contributed by atoms with E-state index >= 15 is 0 Å². The standard InChI is InChI=1S/C18H16BrClFN3O/c1-11-8-23-18(19)7-17(11)24-4-3-14(5-12(24)2)25-10-16-15(20)6-13(21)9-22-16/h3,5-9H,4,10H2,1-2H3/i10D2. The molecule has 0 fully saturated rings. The number of pyridine rings is 2. The summed E-state index contributed by atoms with van der Waals surface area (Å²) >= 11 is 9.30. The average molecular weight is 427 g/mol. The van der Waals surface area contributed by atoms with Crippen LogP contribution in [-0.2, 0) is 11.3 Å². The zero-order valence-corrected chi connectivity index (χ0v) is 15.9. The monoisotopic (exact) mass is 425 g/mol. The van der Waals surface area contributed by atoms with Gasteiger partial charge in [0.2, 0.25) is 0 Å². The van der Waals surface area contributed by atoms with E-state index in [1.165, 1.54) is 0 Å². The average Bonchev–Trinajstić information content (AvgIpc) is 2.57. The molecule has 0 amide bonds. The van der Waals surface area contributed by atoms with Gasteiger partial charge in [0.15, 0.2) is 0 Å².